The lowest BCUT2D eigenvalue weighted by Crippen LogP contribution is -2.34. The standard InChI is InChI=1S/C26H21N3O4/c1-29-25(31)22(24(30)27-16-17-12-14-20(15-13-17)26(32)33)21(18-8-4-2-5-9-18)23(28-29)19-10-6-3-7-11-19/h2-15H,16H2,1H3,(H,27,30)(H,32,33). The van der Waals surface area contributed by atoms with E-state index in [-0.39, 0.29) is 17.7 Å². The first-order valence-electron chi connectivity index (χ1n) is 10.3. The van der Waals surface area contributed by atoms with Gasteiger partial charge in [-0.2, -0.15) is 5.10 Å². The summed E-state index contributed by atoms with van der Waals surface area (Å²) in [5, 5.41) is 16.3. The summed E-state index contributed by atoms with van der Waals surface area (Å²) in [6.45, 7) is 0.138. The van der Waals surface area contributed by atoms with Gasteiger partial charge in [0, 0.05) is 24.7 Å². The molecule has 4 aromatic rings. The molecule has 164 valence electrons. The molecule has 0 unspecified atom stereocenters. The lowest BCUT2D eigenvalue weighted by molar-refractivity contribution is 0.0696. The van der Waals surface area contributed by atoms with E-state index in [4.69, 9.17) is 5.11 Å². The molecule has 1 amide bonds. The molecule has 0 saturated carbocycles. The maximum absolute atomic E-state index is 13.3. The zero-order valence-corrected chi connectivity index (χ0v) is 17.9. The number of nitrogens with one attached hydrogen (secondary N) is 1. The number of carbonyl (C=O) groups is 2. The van der Waals surface area contributed by atoms with Crippen LogP contribution in [0.5, 0.6) is 0 Å². The quantitative estimate of drug-likeness (QED) is 0.477. The van der Waals surface area contributed by atoms with Crippen LogP contribution in [0.2, 0.25) is 0 Å². The molecule has 1 heterocycles. The summed E-state index contributed by atoms with van der Waals surface area (Å²) in [6.07, 6.45) is 0. The fraction of sp³-hybridized carbons (Fsp3) is 0.0769. The normalized spacial score (nSPS) is 10.6. The SMILES string of the molecule is Cn1nc(-c2ccccc2)c(-c2ccccc2)c(C(=O)NCc2ccc(C(=O)O)cc2)c1=O. The van der Waals surface area contributed by atoms with Gasteiger partial charge in [0.15, 0.2) is 0 Å². The maximum atomic E-state index is 13.3. The molecular formula is C26H21N3O4. The third kappa shape index (κ3) is 4.57. The van der Waals surface area contributed by atoms with Crippen LogP contribution >= 0.6 is 0 Å². The maximum Gasteiger partial charge on any atom is 0.335 e. The van der Waals surface area contributed by atoms with E-state index in [1.165, 1.54) is 23.9 Å². The zero-order valence-electron chi connectivity index (χ0n) is 17.9. The molecule has 0 saturated heterocycles. The predicted molar refractivity (Wildman–Crippen MR) is 125 cm³/mol. The summed E-state index contributed by atoms with van der Waals surface area (Å²) in [4.78, 5) is 37.4. The van der Waals surface area contributed by atoms with Crippen LogP contribution < -0.4 is 10.9 Å². The van der Waals surface area contributed by atoms with Crippen molar-refractivity contribution in [2.24, 2.45) is 7.05 Å². The number of carboxylic acid groups (broad SMARTS) is 1. The first-order valence-corrected chi connectivity index (χ1v) is 10.3. The van der Waals surface area contributed by atoms with Crippen molar-refractivity contribution in [3.05, 3.63) is 112 Å². The minimum Gasteiger partial charge on any atom is -0.478 e. The largest absolute Gasteiger partial charge is 0.478 e. The highest BCUT2D eigenvalue weighted by molar-refractivity contribution is 6.03. The summed E-state index contributed by atoms with van der Waals surface area (Å²) in [5.74, 6) is -1.55. The number of carbonyl (C=O) groups excluding carboxylic acids is 1. The minimum atomic E-state index is -1.02. The second kappa shape index (κ2) is 9.32. The van der Waals surface area contributed by atoms with Gasteiger partial charge >= 0.3 is 5.97 Å². The monoisotopic (exact) mass is 439 g/mol. The number of aromatic nitrogens is 2. The highest BCUT2D eigenvalue weighted by Gasteiger charge is 2.24. The second-order valence-corrected chi connectivity index (χ2v) is 7.44. The van der Waals surface area contributed by atoms with Crippen LogP contribution in [-0.2, 0) is 13.6 Å². The third-order valence-corrected chi connectivity index (χ3v) is 5.24. The smallest absolute Gasteiger partial charge is 0.335 e. The van der Waals surface area contributed by atoms with Crippen LogP contribution in [0.15, 0.2) is 89.7 Å². The summed E-state index contributed by atoms with van der Waals surface area (Å²) < 4.78 is 1.17. The number of hydrogen-bond acceptors (Lipinski definition) is 4. The van der Waals surface area contributed by atoms with Gasteiger partial charge < -0.3 is 10.4 Å². The minimum absolute atomic E-state index is 0.000269. The number of carboxylic acids is 1. The Hall–Kier alpha value is -4.52. The third-order valence-electron chi connectivity index (χ3n) is 5.24. The molecule has 0 bridgehead atoms. The van der Waals surface area contributed by atoms with E-state index in [1.54, 1.807) is 12.1 Å². The topological polar surface area (TPSA) is 101 Å². The summed E-state index contributed by atoms with van der Waals surface area (Å²) in [7, 11) is 1.52. The Morgan fingerprint density at radius 1 is 0.879 bits per heavy atom. The lowest BCUT2D eigenvalue weighted by Gasteiger charge is -2.16. The van der Waals surface area contributed by atoms with Crippen molar-refractivity contribution in [2.45, 2.75) is 6.54 Å². The number of amides is 1. The molecule has 33 heavy (non-hydrogen) atoms. The van der Waals surface area contributed by atoms with Crippen molar-refractivity contribution in [2.75, 3.05) is 0 Å². The number of hydrogen-bond donors (Lipinski definition) is 2. The van der Waals surface area contributed by atoms with Crippen LogP contribution in [0.4, 0.5) is 0 Å². The van der Waals surface area contributed by atoms with E-state index in [9.17, 15) is 14.4 Å². The second-order valence-electron chi connectivity index (χ2n) is 7.44. The summed E-state index contributed by atoms with van der Waals surface area (Å²) in [6, 6.07) is 24.8. The van der Waals surface area contributed by atoms with Crippen LogP contribution in [-0.4, -0.2) is 26.8 Å². The average Bonchev–Trinajstić information content (AvgIpc) is 2.85. The number of aromatic carboxylic acids is 1. The van der Waals surface area contributed by atoms with Gasteiger partial charge in [0.2, 0.25) is 0 Å². The van der Waals surface area contributed by atoms with E-state index < -0.39 is 17.4 Å². The Kier molecular flexibility index (Phi) is 6.13. The average molecular weight is 439 g/mol. The molecule has 7 nitrogen and oxygen atoms in total. The van der Waals surface area contributed by atoms with Gasteiger partial charge in [-0.25, -0.2) is 9.48 Å². The molecule has 7 heteroatoms. The van der Waals surface area contributed by atoms with Crippen LogP contribution in [0.3, 0.4) is 0 Å². The number of rotatable bonds is 6. The molecule has 0 aliphatic rings. The summed E-state index contributed by atoms with van der Waals surface area (Å²) >= 11 is 0. The number of aryl methyl sites for hydroxylation is 1. The van der Waals surface area contributed by atoms with Gasteiger partial charge in [-0.05, 0) is 23.3 Å². The highest BCUT2D eigenvalue weighted by Crippen LogP contribution is 2.31. The molecule has 0 aliphatic heterocycles. The molecule has 0 spiro atoms. The fourth-order valence-corrected chi connectivity index (χ4v) is 3.56. The first kappa shape index (κ1) is 21.7. The van der Waals surface area contributed by atoms with Gasteiger partial charge in [0.05, 0.1) is 11.3 Å². The van der Waals surface area contributed by atoms with Crippen LogP contribution in [0.1, 0.15) is 26.3 Å². The number of benzene rings is 3. The number of nitrogens with zero attached hydrogens (tertiary/aromatic N) is 2. The van der Waals surface area contributed by atoms with Crippen molar-refractivity contribution in [1.29, 1.82) is 0 Å². The van der Waals surface area contributed by atoms with Gasteiger partial charge in [0.1, 0.15) is 5.56 Å². The van der Waals surface area contributed by atoms with Crippen LogP contribution in [0, 0.1) is 0 Å². The molecule has 3 aromatic carbocycles. The van der Waals surface area contributed by atoms with Crippen molar-refractivity contribution in [1.82, 2.24) is 15.1 Å². The Morgan fingerprint density at radius 3 is 2.03 bits per heavy atom. The van der Waals surface area contributed by atoms with Gasteiger partial charge in [-0.1, -0.05) is 72.8 Å². The van der Waals surface area contributed by atoms with Gasteiger partial charge in [-0.15, -0.1) is 0 Å². The van der Waals surface area contributed by atoms with Crippen LogP contribution in [0.25, 0.3) is 22.4 Å². The van der Waals surface area contributed by atoms with Crippen molar-refractivity contribution in [3.8, 4) is 22.4 Å². The fourth-order valence-electron chi connectivity index (χ4n) is 3.56. The van der Waals surface area contributed by atoms with E-state index >= 15 is 0 Å². The molecule has 4 rings (SSSR count). The van der Waals surface area contributed by atoms with E-state index in [2.05, 4.69) is 10.4 Å². The molecule has 0 radical (unpaired) electrons. The summed E-state index contributed by atoms with van der Waals surface area (Å²) in [5.41, 5.74) is 2.84. The van der Waals surface area contributed by atoms with Gasteiger partial charge in [-0.3, -0.25) is 9.59 Å². The molecule has 0 fully saturated rings. The lowest BCUT2D eigenvalue weighted by atomic mass is 9.95. The van der Waals surface area contributed by atoms with Gasteiger partial charge in [0.25, 0.3) is 11.5 Å². The first-order chi connectivity index (χ1) is 16.0. The highest BCUT2D eigenvalue weighted by atomic mass is 16.4. The van der Waals surface area contributed by atoms with E-state index in [0.717, 1.165) is 5.56 Å². The van der Waals surface area contributed by atoms with E-state index in [1.807, 2.05) is 60.7 Å². The molecule has 1 aromatic heterocycles. The Bertz CT molecular complexity index is 1360. The molecular weight excluding hydrogens is 418 g/mol. The molecule has 0 aliphatic carbocycles. The van der Waals surface area contributed by atoms with E-state index in [0.29, 0.717) is 22.4 Å². The Morgan fingerprint density at radius 2 is 1.45 bits per heavy atom. The zero-order chi connectivity index (χ0) is 23.4. The predicted octanol–water partition coefficient (Wildman–Crippen LogP) is 3.74. The van der Waals surface area contributed by atoms with Crippen molar-refractivity contribution in [3.63, 3.8) is 0 Å². The van der Waals surface area contributed by atoms with Crippen molar-refractivity contribution >= 4 is 11.9 Å². The van der Waals surface area contributed by atoms with Crippen molar-refractivity contribution < 1.29 is 14.7 Å². The molecule has 2 N–H and O–H groups in total. The Labute approximate surface area is 190 Å². The Balaban J connectivity index is 1.78. The molecule has 0 atom stereocenters.